The van der Waals surface area contributed by atoms with Gasteiger partial charge in [-0.15, -0.1) is 10.2 Å². The van der Waals surface area contributed by atoms with Crippen LogP contribution >= 0.6 is 23.1 Å². The molecule has 1 heterocycles. The minimum Gasteiger partial charge on any atom is -0.497 e. The Kier molecular flexibility index (Phi) is 6.25. The highest BCUT2D eigenvalue weighted by Crippen LogP contribution is 2.28. The topological polar surface area (TPSA) is 64.1 Å². The van der Waals surface area contributed by atoms with Crippen molar-refractivity contribution >= 4 is 39.7 Å². The molecular weight excluding hydrogens is 366 g/mol. The number of aryl methyl sites for hydroxylation is 1. The molecule has 1 aromatic heterocycles. The average molecular weight is 386 g/mol. The molecule has 0 fully saturated rings. The Balaban J connectivity index is 1.54. The fourth-order valence-corrected chi connectivity index (χ4v) is 3.92. The van der Waals surface area contributed by atoms with Crippen molar-refractivity contribution in [3.8, 4) is 5.75 Å². The van der Waals surface area contributed by atoms with Gasteiger partial charge in [0.25, 0.3) is 0 Å². The Morgan fingerprint density at radius 2 is 1.85 bits per heavy atom. The van der Waals surface area contributed by atoms with Gasteiger partial charge in [0.2, 0.25) is 5.13 Å². The average Bonchev–Trinajstić information content (AvgIpc) is 3.14. The first-order valence-corrected chi connectivity index (χ1v) is 9.97. The summed E-state index contributed by atoms with van der Waals surface area (Å²) in [6.07, 6.45) is 0.970. The molecule has 0 unspecified atom stereocenters. The van der Waals surface area contributed by atoms with E-state index in [1.54, 1.807) is 7.11 Å². The van der Waals surface area contributed by atoms with E-state index in [1.165, 1.54) is 28.7 Å². The number of ether oxygens (including phenoxy) is 1. The molecule has 1 N–H and O–H groups in total. The molecule has 5 nitrogen and oxygen atoms in total. The highest BCUT2D eigenvalue weighted by molar-refractivity contribution is 8.01. The van der Waals surface area contributed by atoms with E-state index in [-0.39, 0.29) is 5.78 Å². The highest BCUT2D eigenvalue weighted by atomic mass is 32.2. The Morgan fingerprint density at radius 1 is 1.12 bits per heavy atom. The van der Waals surface area contributed by atoms with Crippen LogP contribution in [0.2, 0.25) is 0 Å². The van der Waals surface area contributed by atoms with Crippen molar-refractivity contribution in [1.82, 2.24) is 10.2 Å². The molecule has 134 valence electrons. The van der Waals surface area contributed by atoms with Crippen molar-refractivity contribution in [3.63, 3.8) is 0 Å². The number of nitrogens with zero attached hydrogens (tertiary/aromatic N) is 2. The molecule has 0 atom stereocenters. The van der Waals surface area contributed by atoms with Crippen molar-refractivity contribution in [2.24, 2.45) is 0 Å². The molecule has 7 heteroatoms. The number of Topliss-reactive ketones (excluding diaryl/α,β-unsaturated/α-hetero) is 1. The van der Waals surface area contributed by atoms with Crippen molar-refractivity contribution in [2.75, 3.05) is 18.2 Å². The first-order valence-electron chi connectivity index (χ1n) is 8.17. The highest BCUT2D eigenvalue weighted by Gasteiger charge is 2.10. The van der Waals surface area contributed by atoms with Gasteiger partial charge in [-0.2, -0.15) is 0 Å². The lowest BCUT2D eigenvalue weighted by Gasteiger charge is -2.03. The number of aromatic nitrogens is 2. The SMILES string of the molecule is CCc1ccc(C(=O)CSc2nnc(Nc3ccc(OC)cc3)s2)cc1. The maximum atomic E-state index is 12.3. The summed E-state index contributed by atoms with van der Waals surface area (Å²) in [4.78, 5) is 12.3. The van der Waals surface area contributed by atoms with Crippen molar-refractivity contribution in [1.29, 1.82) is 0 Å². The van der Waals surface area contributed by atoms with Gasteiger partial charge in [-0.3, -0.25) is 4.79 Å². The van der Waals surface area contributed by atoms with E-state index in [1.807, 2.05) is 48.5 Å². The molecule has 3 rings (SSSR count). The van der Waals surface area contributed by atoms with Gasteiger partial charge in [0, 0.05) is 11.3 Å². The quantitative estimate of drug-likeness (QED) is 0.443. The van der Waals surface area contributed by atoms with Gasteiger partial charge < -0.3 is 10.1 Å². The van der Waals surface area contributed by atoms with Crippen molar-refractivity contribution < 1.29 is 9.53 Å². The first-order chi connectivity index (χ1) is 12.7. The lowest BCUT2D eigenvalue weighted by Crippen LogP contribution is -2.02. The van der Waals surface area contributed by atoms with Crippen LogP contribution in [-0.4, -0.2) is 28.8 Å². The summed E-state index contributed by atoms with van der Waals surface area (Å²) in [6, 6.07) is 15.4. The normalized spacial score (nSPS) is 10.5. The Morgan fingerprint density at radius 3 is 2.50 bits per heavy atom. The van der Waals surface area contributed by atoms with E-state index < -0.39 is 0 Å². The number of anilines is 2. The van der Waals surface area contributed by atoms with Crippen molar-refractivity contribution in [2.45, 2.75) is 17.7 Å². The Bertz CT molecular complexity index is 861. The van der Waals surface area contributed by atoms with Crippen LogP contribution < -0.4 is 10.1 Å². The molecule has 2 aromatic carbocycles. The monoisotopic (exact) mass is 385 g/mol. The zero-order valence-electron chi connectivity index (χ0n) is 14.6. The number of ketones is 1. The smallest absolute Gasteiger partial charge is 0.210 e. The van der Waals surface area contributed by atoms with Crippen LogP contribution in [0.1, 0.15) is 22.8 Å². The summed E-state index contributed by atoms with van der Waals surface area (Å²) in [5, 5.41) is 12.1. The molecule has 0 radical (unpaired) electrons. The number of rotatable bonds is 8. The van der Waals surface area contributed by atoms with Gasteiger partial charge in [0.1, 0.15) is 5.75 Å². The Labute approximate surface area is 160 Å². The van der Waals surface area contributed by atoms with Crippen LogP contribution in [0.15, 0.2) is 52.9 Å². The van der Waals surface area contributed by atoms with Crippen LogP contribution in [0.3, 0.4) is 0 Å². The molecule has 0 saturated heterocycles. The molecule has 0 aliphatic rings. The van der Waals surface area contributed by atoms with E-state index in [0.717, 1.165) is 27.8 Å². The van der Waals surface area contributed by atoms with E-state index in [2.05, 4.69) is 22.4 Å². The number of hydrogen-bond donors (Lipinski definition) is 1. The second-order valence-corrected chi connectivity index (χ2v) is 7.69. The molecule has 0 aliphatic carbocycles. The molecule has 0 bridgehead atoms. The lowest BCUT2D eigenvalue weighted by atomic mass is 10.1. The van der Waals surface area contributed by atoms with Gasteiger partial charge in [0.15, 0.2) is 10.1 Å². The second-order valence-electron chi connectivity index (χ2n) is 5.49. The first kappa shape index (κ1) is 18.4. The minimum atomic E-state index is 0.0949. The third kappa shape index (κ3) is 4.83. The molecule has 0 amide bonds. The van der Waals surface area contributed by atoms with E-state index in [9.17, 15) is 4.79 Å². The largest absolute Gasteiger partial charge is 0.497 e. The summed E-state index contributed by atoms with van der Waals surface area (Å²) in [7, 11) is 1.64. The third-order valence-corrected chi connectivity index (χ3v) is 5.73. The number of benzene rings is 2. The fraction of sp³-hybridized carbons (Fsp3) is 0.211. The zero-order valence-corrected chi connectivity index (χ0v) is 16.2. The molecule has 26 heavy (non-hydrogen) atoms. The summed E-state index contributed by atoms with van der Waals surface area (Å²) in [6.45, 7) is 2.10. The fourth-order valence-electron chi connectivity index (χ4n) is 2.25. The van der Waals surface area contributed by atoms with Gasteiger partial charge in [-0.05, 0) is 36.2 Å². The Hall–Kier alpha value is -2.38. The summed E-state index contributed by atoms with van der Waals surface area (Å²) in [5.74, 6) is 1.25. The standard InChI is InChI=1S/C19H19N3O2S2/c1-3-13-4-6-14(7-5-13)17(23)12-25-19-22-21-18(26-19)20-15-8-10-16(24-2)11-9-15/h4-11H,3,12H2,1-2H3,(H,20,21). The van der Waals surface area contributed by atoms with Crippen molar-refractivity contribution in [3.05, 3.63) is 59.7 Å². The number of hydrogen-bond acceptors (Lipinski definition) is 7. The summed E-state index contributed by atoms with van der Waals surface area (Å²) >= 11 is 2.83. The lowest BCUT2D eigenvalue weighted by molar-refractivity contribution is 0.102. The number of methoxy groups -OCH3 is 1. The summed E-state index contributed by atoms with van der Waals surface area (Å²) in [5.41, 5.74) is 2.87. The van der Waals surface area contributed by atoms with E-state index >= 15 is 0 Å². The number of nitrogens with one attached hydrogen (secondary N) is 1. The van der Waals surface area contributed by atoms with Gasteiger partial charge in [-0.25, -0.2) is 0 Å². The van der Waals surface area contributed by atoms with Crippen LogP contribution in [0, 0.1) is 0 Å². The molecular formula is C19H19N3O2S2. The van der Waals surface area contributed by atoms with Crippen LogP contribution in [0.4, 0.5) is 10.8 Å². The zero-order chi connectivity index (χ0) is 18.4. The predicted octanol–water partition coefficient (Wildman–Crippen LogP) is 4.83. The third-order valence-electron chi connectivity index (χ3n) is 3.76. The number of carbonyl (C=O) groups is 1. The van der Waals surface area contributed by atoms with E-state index in [4.69, 9.17) is 4.74 Å². The summed E-state index contributed by atoms with van der Waals surface area (Å²) < 4.78 is 5.90. The number of carbonyl (C=O) groups excluding carboxylic acids is 1. The van der Waals surface area contributed by atoms with E-state index in [0.29, 0.717) is 10.9 Å². The van der Waals surface area contributed by atoms with Gasteiger partial charge in [-0.1, -0.05) is 54.3 Å². The van der Waals surface area contributed by atoms with Crippen LogP contribution in [0.25, 0.3) is 0 Å². The van der Waals surface area contributed by atoms with Gasteiger partial charge >= 0.3 is 0 Å². The maximum Gasteiger partial charge on any atom is 0.210 e. The maximum absolute atomic E-state index is 12.3. The predicted molar refractivity (Wildman–Crippen MR) is 107 cm³/mol. The minimum absolute atomic E-state index is 0.0949. The molecule has 0 saturated carbocycles. The van der Waals surface area contributed by atoms with Crippen LogP contribution in [-0.2, 0) is 6.42 Å². The van der Waals surface area contributed by atoms with Gasteiger partial charge in [0.05, 0.1) is 12.9 Å². The molecule has 0 aliphatic heterocycles. The second kappa shape index (κ2) is 8.82. The number of thioether (sulfide) groups is 1. The molecule has 0 spiro atoms. The molecule has 3 aromatic rings. The van der Waals surface area contributed by atoms with Crippen LogP contribution in [0.5, 0.6) is 5.75 Å².